The van der Waals surface area contributed by atoms with Crippen molar-refractivity contribution in [2.75, 3.05) is 19.6 Å². The van der Waals surface area contributed by atoms with Gasteiger partial charge in [0.2, 0.25) is 5.12 Å². The molecule has 1 heterocycles. The number of nitrogens with zero attached hydrogens (tertiary/aromatic N) is 1. The number of hydrogen-bond donors (Lipinski definition) is 1. The molecule has 5 aliphatic rings. The zero-order chi connectivity index (χ0) is 28.7. The van der Waals surface area contributed by atoms with Gasteiger partial charge in [-0.2, -0.15) is 5.06 Å². The third kappa shape index (κ3) is 3.74. The van der Waals surface area contributed by atoms with Gasteiger partial charge in [0.25, 0.3) is 0 Å². The first-order chi connectivity index (χ1) is 18.9. The van der Waals surface area contributed by atoms with Crippen LogP contribution in [0.4, 0.5) is 8.78 Å². The van der Waals surface area contributed by atoms with Crippen molar-refractivity contribution in [2.24, 2.45) is 28.6 Å². The van der Waals surface area contributed by atoms with Crippen molar-refractivity contribution in [2.45, 2.75) is 63.2 Å². The number of allylic oxidation sites excluding steroid dienone is 4. The Labute approximate surface area is 242 Å². The number of methoxy groups -OCH3 is 1. The Morgan fingerprint density at radius 1 is 1.25 bits per heavy atom. The third-order valence-corrected chi connectivity index (χ3v) is 11.7. The zero-order valence-electron chi connectivity index (χ0n) is 22.7. The molecule has 0 spiro atoms. The smallest absolute Gasteiger partial charge is 0.226 e. The van der Waals surface area contributed by atoms with Crippen molar-refractivity contribution in [3.8, 4) is 0 Å². The Kier molecular flexibility index (Phi) is 6.92. The van der Waals surface area contributed by atoms with E-state index in [0.29, 0.717) is 24.5 Å². The summed E-state index contributed by atoms with van der Waals surface area (Å²) in [6.45, 7) is 4.35. The van der Waals surface area contributed by atoms with E-state index in [0.717, 1.165) is 17.3 Å². The highest BCUT2D eigenvalue weighted by Crippen LogP contribution is 2.73. The average Bonchev–Trinajstić information content (AvgIpc) is 3.39. The summed E-state index contributed by atoms with van der Waals surface area (Å²) in [6, 6.07) is 7.40. The molecular weight excluding hydrogens is 560 g/mol. The van der Waals surface area contributed by atoms with Gasteiger partial charge >= 0.3 is 0 Å². The number of carbonyl (C=O) groups excluding carboxylic acids is 2. The Bertz CT molecular complexity index is 1290. The second-order valence-electron chi connectivity index (χ2n) is 12.4. The number of carbonyl (C=O) groups is 2. The molecule has 9 atom stereocenters. The number of fused-ring (bicyclic) bond motifs is 7. The van der Waals surface area contributed by atoms with E-state index >= 15 is 8.78 Å². The molecule has 10 heteroatoms. The van der Waals surface area contributed by atoms with E-state index < -0.39 is 46.2 Å². The molecule has 6 nitrogen and oxygen atoms in total. The predicted molar refractivity (Wildman–Crippen MR) is 148 cm³/mol. The van der Waals surface area contributed by atoms with Crippen LogP contribution in [0.5, 0.6) is 0 Å². The first-order valence-electron chi connectivity index (χ1n) is 13.7. The summed E-state index contributed by atoms with van der Waals surface area (Å²) < 4.78 is 38.5. The maximum Gasteiger partial charge on any atom is 0.226 e. The van der Waals surface area contributed by atoms with Gasteiger partial charge in [-0.05, 0) is 67.5 Å². The molecular formula is C30H34ClF2NO5S. The molecule has 0 radical (unpaired) electrons. The summed E-state index contributed by atoms with van der Waals surface area (Å²) in [4.78, 5) is 32.8. The highest BCUT2D eigenvalue weighted by Gasteiger charge is 2.79. The molecule has 6 rings (SSSR count). The highest BCUT2D eigenvalue weighted by molar-refractivity contribution is 8.13. The van der Waals surface area contributed by atoms with E-state index in [1.165, 1.54) is 25.3 Å². The number of rotatable bonds is 5. The Morgan fingerprint density at radius 2 is 1.98 bits per heavy atom. The minimum Gasteiger partial charge on any atom is -0.390 e. The van der Waals surface area contributed by atoms with E-state index in [9.17, 15) is 14.7 Å². The number of aliphatic hydroxyl groups is 1. The maximum absolute atomic E-state index is 17.5. The second kappa shape index (κ2) is 9.71. The third-order valence-electron chi connectivity index (χ3n) is 10.6. The molecule has 1 N–H and O–H groups in total. The monoisotopic (exact) mass is 593 g/mol. The molecule has 1 saturated heterocycles. The lowest BCUT2D eigenvalue weighted by atomic mass is 9.44. The zero-order valence-corrected chi connectivity index (χ0v) is 24.3. The van der Waals surface area contributed by atoms with Crippen molar-refractivity contribution in [1.82, 2.24) is 5.06 Å². The molecule has 0 aromatic heterocycles. The summed E-state index contributed by atoms with van der Waals surface area (Å²) >= 11 is 7.07. The number of aliphatic hydroxyl groups excluding tert-OH is 1. The largest absolute Gasteiger partial charge is 0.390 e. The highest BCUT2D eigenvalue weighted by atomic mass is 35.5. The van der Waals surface area contributed by atoms with Gasteiger partial charge in [-0.3, -0.25) is 14.4 Å². The first-order valence-corrected chi connectivity index (χ1v) is 15.1. The topological polar surface area (TPSA) is 76.1 Å². The number of halogens is 3. The molecule has 40 heavy (non-hydrogen) atoms. The lowest BCUT2D eigenvalue weighted by molar-refractivity contribution is -0.266. The quantitative estimate of drug-likeness (QED) is 0.468. The summed E-state index contributed by atoms with van der Waals surface area (Å²) in [6.07, 6.45) is 1.14. The van der Waals surface area contributed by atoms with Crippen LogP contribution in [0.2, 0.25) is 5.02 Å². The summed E-state index contributed by atoms with van der Waals surface area (Å²) in [5.41, 5.74) is -4.92. The van der Waals surface area contributed by atoms with Crippen LogP contribution in [0.25, 0.3) is 0 Å². The van der Waals surface area contributed by atoms with Gasteiger partial charge in [-0.1, -0.05) is 48.5 Å². The Morgan fingerprint density at radius 3 is 2.67 bits per heavy atom. The van der Waals surface area contributed by atoms with E-state index in [4.69, 9.17) is 21.2 Å². The van der Waals surface area contributed by atoms with Crippen molar-refractivity contribution in [3.05, 3.63) is 58.7 Å². The van der Waals surface area contributed by atoms with Crippen LogP contribution in [0.3, 0.4) is 0 Å². The predicted octanol–water partition coefficient (Wildman–Crippen LogP) is 5.23. The maximum atomic E-state index is 17.5. The number of ether oxygens (including phenoxy) is 1. The Balaban J connectivity index is 1.39. The first kappa shape index (κ1) is 28.5. The van der Waals surface area contributed by atoms with Gasteiger partial charge in [0.05, 0.1) is 12.0 Å². The number of hydroxylamine groups is 2. The number of thioether (sulfide) groups is 1. The standard InChI is InChI=1S/C30H34ClF2NO5S/c1-27-9-8-20(35)11-23(27)24(32)12-22-21-10-18-15-34(14-17-4-6-19(31)7-5-17)39-30(18,26(37)40-16-38-3)28(21,2)13-25(36)29(22,27)33/h4-9,11,18,21-22,24-25,36H,10,12-16H2,1-3H3/t18-,21-,22-,24-,25-,27-,28-,29-,30-/m0/s1. The van der Waals surface area contributed by atoms with Gasteiger partial charge in [0, 0.05) is 47.9 Å². The molecule has 0 amide bonds. The summed E-state index contributed by atoms with van der Waals surface area (Å²) in [5, 5.41) is 13.9. The molecule has 4 aliphatic carbocycles. The van der Waals surface area contributed by atoms with Crippen LogP contribution in [-0.4, -0.2) is 64.2 Å². The van der Waals surface area contributed by atoms with E-state index in [1.807, 2.05) is 19.1 Å². The molecule has 0 bridgehead atoms. The minimum absolute atomic E-state index is 0.0309. The van der Waals surface area contributed by atoms with E-state index in [2.05, 4.69) is 0 Å². The second-order valence-corrected chi connectivity index (χ2v) is 13.7. The fourth-order valence-corrected chi connectivity index (χ4v) is 9.77. The Hall–Kier alpha value is -1.62. The lowest BCUT2D eigenvalue weighted by Crippen LogP contribution is -2.70. The molecule has 0 unspecified atom stereocenters. The molecule has 4 fully saturated rings. The van der Waals surface area contributed by atoms with Crippen LogP contribution < -0.4 is 0 Å². The fraction of sp³-hybridized carbons (Fsp3) is 0.600. The van der Waals surface area contributed by atoms with Crippen LogP contribution in [0.1, 0.15) is 38.7 Å². The van der Waals surface area contributed by atoms with Gasteiger partial charge in [0.15, 0.2) is 17.1 Å². The van der Waals surface area contributed by atoms with Gasteiger partial charge < -0.3 is 9.84 Å². The van der Waals surface area contributed by atoms with Crippen LogP contribution in [0.15, 0.2) is 48.1 Å². The average molecular weight is 594 g/mol. The van der Waals surface area contributed by atoms with Crippen molar-refractivity contribution in [1.29, 1.82) is 0 Å². The fourth-order valence-electron chi connectivity index (χ4n) is 8.77. The van der Waals surface area contributed by atoms with Gasteiger partial charge in [0.1, 0.15) is 6.17 Å². The van der Waals surface area contributed by atoms with E-state index in [-0.39, 0.29) is 41.2 Å². The molecule has 1 aliphatic heterocycles. The number of hydrogen-bond acceptors (Lipinski definition) is 7. The van der Waals surface area contributed by atoms with Gasteiger partial charge in [-0.25, -0.2) is 8.78 Å². The van der Waals surface area contributed by atoms with Crippen LogP contribution in [0, 0.1) is 28.6 Å². The summed E-state index contributed by atoms with van der Waals surface area (Å²) in [5.74, 6) is -1.82. The van der Waals surface area contributed by atoms with Crippen molar-refractivity contribution >= 4 is 34.3 Å². The molecule has 1 aromatic carbocycles. The minimum atomic E-state index is -2.20. The molecule has 216 valence electrons. The molecule has 3 saturated carbocycles. The van der Waals surface area contributed by atoms with Crippen molar-refractivity contribution in [3.63, 3.8) is 0 Å². The molecule has 1 aromatic rings. The van der Waals surface area contributed by atoms with Gasteiger partial charge in [-0.15, -0.1) is 0 Å². The van der Waals surface area contributed by atoms with Crippen LogP contribution >= 0.6 is 23.4 Å². The lowest BCUT2D eigenvalue weighted by Gasteiger charge is -2.63. The number of benzene rings is 1. The SMILES string of the molecule is COCSC(=O)[C@@]12ON(Cc3ccc(Cl)cc3)C[C@@H]1C[C@H]1[C@@H]3C[C@H](F)C4=CC(=O)C=C[C@]4(C)[C@@]3(F)[C@@H](O)C[C@@]12C. The normalized spacial score (nSPS) is 44.0. The number of ketones is 1. The summed E-state index contributed by atoms with van der Waals surface area (Å²) in [7, 11) is 1.51. The van der Waals surface area contributed by atoms with Crippen LogP contribution in [-0.2, 0) is 25.7 Å². The van der Waals surface area contributed by atoms with E-state index in [1.54, 1.807) is 24.1 Å². The van der Waals surface area contributed by atoms with Crippen molar-refractivity contribution < 1.29 is 33.1 Å². The number of alkyl halides is 2.